The molecule has 6 nitrogen and oxygen atoms in total. The smallest absolute Gasteiger partial charge is 0.298 e. The first-order valence-corrected chi connectivity index (χ1v) is 9.20. The van der Waals surface area contributed by atoms with Crippen LogP contribution >= 0.6 is 11.6 Å². The lowest BCUT2D eigenvalue weighted by atomic mass is 10.1. The molecule has 0 bridgehead atoms. The molecule has 3 aromatic rings. The Balaban J connectivity index is 0.000000948. The van der Waals surface area contributed by atoms with Gasteiger partial charge in [0.15, 0.2) is 11.3 Å². The zero-order valence-electron chi connectivity index (χ0n) is 15.3. The second-order valence-corrected chi connectivity index (χ2v) is 5.97. The topological polar surface area (TPSA) is 63.4 Å². The zero-order valence-corrected chi connectivity index (χ0v) is 16.0. The summed E-state index contributed by atoms with van der Waals surface area (Å²) in [6.07, 6.45) is 1.73. The van der Waals surface area contributed by atoms with Gasteiger partial charge in [0.25, 0.3) is 6.01 Å². The lowest BCUT2D eigenvalue weighted by Crippen LogP contribution is -2.43. The number of hydrogen-bond acceptors (Lipinski definition) is 6. The third-order valence-corrected chi connectivity index (χ3v) is 4.37. The number of benzene rings is 1. The predicted octanol–water partition coefficient (Wildman–Crippen LogP) is 3.99. The van der Waals surface area contributed by atoms with Crippen molar-refractivity contribution in [3.05, 3.63) is 35.5 Å². The number of ether oxygens (including phenoxy) is 1. The van der Waals surface area contributed by atoms with E-state index in [0.717, 1.165) is 37.4 Å². The van der Waals surface area contributed by atoms with Crippen molar-refractivity contribution in [2.75, 3.05) is 38.2 Å². The summed E-state index contributed by atoms with van der Waals surface area (Å²) in [6.45, 7) is 7.54. The van der Waals surface area contributed by atoms with E-state index in [1.807, 2.05) is 32.0 Å². The molecule has 1 fully saturated rings. The number of aromatic nitrogens is 2. The van der Waals surface area contributed by atoms with Crippen molar-refractivity contribution in [3.8, 4) is 17.0 Å². The number of methoxy groups -OCH3 is 1. The molecule has 1 aliphatic heterocycles. The number of rotatable bonds is 3. The van der Waals surface area contributed by atoms with Gasteiger partial charge in [0.1, 0.15) is 5.52 Å². The first kappa shape index (κ1) is 18.5. The molecule has 0 unspecified atom stereocenters. The molecule has 3 heterocycles. The number of pyridine rings is 1. The highest BCUT2D eigenvalue weighted by atomic mass is 35.5. The van der Waals surface area contributed by atoms with Crippen LogP contribution in [-0.4, -0.2) is 43.3 Å². The number of nitrogens with one attached hydrogen (secondary N) is 1. The van der Waals surface area contributed by atoms with Crippen molar-refractivity contribution < 1.29 is 9.15 Å². The van der Waals surface area contributed by atoms with Gasteiger partial charge in [0, 0.05) is 32.4 Å². The van der Waals surface area contributed by atoms with Crippen molar-refractivity contribution >= 4 is 28.7 Å². The van der Waals surface area contributed by atoms with Gasteiger partial charge < -0.3 is 19.4 Å². The molecular weight excluding hydrogens is 352 g/mol. The molecule has 26 heavy (non-hydrogen) atoms. The molecule has 1 aromatic carbocycles. The van der Waals surface area contributed by atoms with Gasteiger partial charge in [-0.2, -0.15) is 4.98 Å². The van der Waals surface area contributed by atoms with Gasteiger partial charge in [-0.1, -0.05) is 31.5 Å². The first-order valence-electron chi connectivity index (χ1n) is 8.82. The number of hydrogen-bond donors (Lipinski definition) is 1. The molecule has 1 saturated heterocycles. The highest BCUT2D eigenvalue weighted by Crippen LogP contribution is 2.42. The van der Waals surface area contributed by atoms with Crippen LogP contribution in [0.15, 0.2) is 34.9 Å². The minimum atomic E-state index is 0.491. The van der Waals surface area contributed by atoms with Crippen LogP contribution in [0.4, 0.5) is 6.01 Å². The van der Waals surface area contributed by atoms with Crippen LogP contribution in [0.3, 0.4) is 0 Å². The van der Waals surface area contributed by atoms with Crippen molar-refractivity contribution in [1.82, 2.24) is 15.3 Å². The van der Waals surface area contributed by atoms with E-state index in [-0.39, 0.29) is 0 Å². The van der Waals surface area contributed by atoms with E-state index in [4.69, 9.17) is 20.8 Å². The number of piperazine rings is 1. The molecule has 1 N–H and O–H groups in total. The fraction of sp³-hybridized carbons (Fsp3) is 0.368. The molecule has 2 aromatic heterocycles. The Morgan fingerprint density at radius 3 is 2.65 bits per heavy atom. The molecule has 0 atom stereocenters. The number of fused-ring (bicyclic) bond motifs is 1. The average molecular weight is 375 g/mol. The minimum Gasteiger partial charge on any atom is -0.494 e. The van der Waals surface area contributed by atoms with E-state index in [1.54, 1.807) is 19.4 Å². The van der Waals surface area contributed by atoms with Crippen LogP contribution < -0.4 is 15.0 Å². The van der Waals surface area contributed by atoms with Crippen molar-refractivity contribution in [2.45, 2.75) is 13.8 Å². The lowest BCUT2D eigenvalue weighted by Gasteiger charge is -2.25. The van der Waals surface area contributed by atoms with Gasteiger partial charge in [0.05, 0.1) is 23.4 Å². The Bertz CT molecular complexity index is 861. The Morgan fingerprint density at radius 2 is 2.00 bits per heavy atom. The lowest BCUT2D eigenvalue weighted by molar-refractivity contribution is 0.416. The number of nitrogens with zero attached hydrogens (tertiary/aromatic N) is 3. The third kappa shape index (κ3) is 3.48. The summed E-state index contributed by atoms with van der Waals surface area (Å²) in [5, 5.41) is 3.81. The number of oxazole rings is 1. The van der Waals surface area contributed by atoms with Crippen molar-refractivity contribution in [1.29, 1.82) is 0 Å². The molecule has 0 aliphatic carbocycles. The third-order valence-electron chi connectivity index (χ3n) is 4.09. The molecule has 1 aliphatic rings. The van der Waals surface area contributed by atoms with Crippen LogP contribution in [-0.2, 0) is 0 Å². The molecule has 0 saturated carbocycles. The highest BCUT2D eigenvalue weighted by molar-refractivity contribution is 6.33. The minimum absolute atomic E-state index is 0.491. The maximum absolute atomic E-state index is 6.40. The fourth-order valence-electron chi connectivity index (χ4n) is 2.94. The summed E-state index contributed by atoms with van der Waals surface area (Å²) in [5.74, 6) is 0.547. The molecular formula is C19H23ClN4O2. The SMILES string of the molecule is CC.COc1c(Cl)cc2nc(N3CCNCC3)oc2c1-c1ccccn1. The van der Waals surface area contributed by atoms with Gasteiger partial charge in [-0.25, -0.2) is 0 Å². The summed E-state index contributed by atoms with van der Waals surface area (Å²) in [5.41, 5.74) is 2.82. The number of halogens is 1. The van der Waals surface area contributed by atoms with E-state index in [9.17, 15) is 0 Å². The number of anilines is 1. The van der Waals surface area contributed by atoms with Gasteiger partial charge in [0.2, 0.25) is 0 Å². The second-order valence-electron chi connectivity index (χ2n) is 5.56. The largest absolute Gasteiger partial charge is 0.494 e. The molecule has 0 amide bonds. The monoisotopic (exact) mass is 374 g/mol. The van der Waals surface area contributed by atoms with Crippen LogP contribution in [0.1, 0.15) is 13.8 Å². The fourth-order valence-corrected chi connectivity index (χ4v) is 3.21. The summed E-state index contributed by atoms with van der Waals surface area (Å²) in [7, 11) is 1.59. The predicted molar refractivity (Wildman–Crippen MR) is 105 cm³/mol. The molecule has 138 valence electrons. The second kappa shape index (κ2) is 8.38. The van der Waals surface area contributed by atoms with E-state index in [2.05, 4.69) is 20.2 Å². The summed E-state index contributed by atoms with van der Waals surface area (Å²) in [6, 6.07) is 8.07. The van der Waals surface area contributed by atoms with Crippen LogP contribution in [0.2, 0.25) is 5.02 Å². The molecule has 4 rings (SSSR count). The molecule has 7 heteroatoms. The van der Waals surface area contributed by atoms with E-state index >= 15 is 0 Å². The van der Waals surface area contributed by atoms with Crippen LogP contribution in [0.5, 0.6) is 5.75 Å². The van der Waals surface area contributed by atoms with Gasteiger partial charge in [-0.15, -0.1) is 0 Å². The summed E-state index contributed by atoms with van der Waals surface area (Å²) in [4.78, 5) is 11.2. The van der Waals surface area contributed by atoms with Gasteiger partial charge in [-0.05, 0) is 18.2 Å². The van der Waals surface area contributed by atoms with Crippen LogP contribution in [0, 0.1) is 0 Å². The Morgan fingerprint density at radius 1 is 1.23 bits per heavy atom. The van der Waals surface area contributed by atoms with Gasteiger partial charge in [-0.3, -0.25) is 4.98 Å². The quantitative estimate of drug-likeness (QED) is 0.747. The van der Waals surface area contributed by atoms with Crippen molar-refractivity contribution in [2.24, 2.45) is 0 Å². The van der Waals surface area contributed by atoms with Crippen molar-refractivity contribution in [3.63, 3.8) is 0 Å². The average Bonchev–Trinajstić information content (AvgIpc) is 3.13. The van der Waals surface area contributed by atoms with E-state index in [1.165, 1.54) is 0 Å². The van der Waals surface area contributed by atoms with E-state index in [0.29, 0.717) is 27.9 Å². The summed E-state index contributed by atoms with van der Waals surface area (Å²) < 4.78 is 11.6. The van der Waals surface area contributed by atoms with Gasteiger partial charge >= 0.3 is 0 Å². The Labute approximate surface area is 158 Å². The standard InChI is InChI=1S/C17H17ClN4O2.C2H6/c1-23-15-11(18)10-13-16(14(15)12-4-2-3-5-20-12)24-17(21-13)22-8-6-19-7-9-22;1-2/h2-5,10,19H,6-9H2,1H3;1-2H3. The Kier molecular flexibility index (Phi) is 5.96. The normalized spacial score (nSPS) is 14.1. The highest BCUT2D eigenvalue weighted by Gasteiger charge is 2.23. The first-order chi connectivity index (χ1) is 12.8. The molecule has 0 spiro atoms. The maximum Gasteiger partial charge on any atom is 0.298 e. The maximum atomic E-state index is 6.40. The Hall–Kier alpha value is -2.31. The van der Waals surface area contributed by atoms with Crippen LogP contribution in [0.25, 0.3) is 22.4 Å². The molecule has 0 radical (unpaired) electrons. The summed E-state index contributed by atoms with van der Waals surface area (Å²) >= 11 is 6.40. The van der Waals surface area contributed by atoms with E-state index < -0.39 is 0 Å². The zero-order chi connectivity index (χ0) is 18.5.